The third-order valence-corrected chi connectivity index (χ3v) is 4.15. The molecule has 3 rings (SSSR count). The topological polar surface area (TPSA) is 75.9 Å². The number of hydrogen-bond acceptors (Lipinski definition) is 5. The first-order valence-electron chi connectivity index (χ1n) is 7.85. The predicted molar refractivity (Wildman–Crippen MR) is 87.2 cm³/mol. The molecule has 2 aromatic heterocycles. The number of carbonyl (C=O) groups is 1. The lowest BCUT2D eigenvalue weighted by Gasteiger charge is -2.16. The zero-order valence-corrected chi connectivity index (χ0v) is 13.8. The number of rotatable bonds is 4. The van der Waals surface area contributed by atoms with Gasteiger partial charge in [-0.1, -0.05) is 0 Å². The summed E-state index contributed by atoms with van der Waals surface area (Å²) >= 11 is 0. The molecule has 1 N–H and O–H groups in total. The number of nitrogens with one attached hydrogen (secondary N) is 1. The molecule has 1 unspecified atom stereocenters. The van der Waals surface area contributed by atoms with E-state index in [4.69, 9.17) is 0 Å². The van der Waals surface area contributed by atoms with Crippen LogP contribution in [0.3, 0.4) is 0 Å². The minimum atomic E-state index is -0.0133. The highest BCUT2D eigenvalue weighted by atomic mass is 16.2. The Morgan fingerprint density at radius 2 is 2.26 bits per heavy atom. The maximum Gasteiger partial charge on any atom is 0.272 e. The summed E-state index contributed by atoms with van der Waals surface area (Å²) in [6, 6.07) is 1.75. The van der Waals surface area contributed by atoms with Gasteiger partial charge in [-0.3, -0.25) is 9.48 Å². The van der Waals surface area contributed by atoms with Crippen LogP contribution in [0.4, 0.5) is 5.95 Å². The average molecular weight is 314 g/mol. The molecular weight excluding hydrogens is 292 g/mol. The van der Waals surface area contributed by atoms with Gasteiger partial charge in [-0.15, -0.1) is 0 Å². The molecule has 1 aliphatic heterocycles. The second-order valence-electron chi connectivity index (χ2n) is 6.10. The molecule has 0 aromatic carbocycles. The molecule has 2 aromatic rings. The zero-order valence-electron chi connectivity index (χ0n) is 13.8. The van der Waals surface area contributed by atoms with Crippen LogP contribution in [-0.2, 0) is 13.5 Å². The van der Waals surface area contributed by atoms with Gasteiger partial charge in [-0.25, -0.2) is 9.97 Å². The lowest BCUT2D eigenvalue weighted by molar-refractivity contribution is 0.0781. The number of hydrogen-bond donors (Lipinski definition) is 1. The van der Waals surface area contributed by atoms with Crippen LogP contribution in [0.15, 0.2) is 18.5 Å². The van der Waals surface area contributed by atoms with Crippen molar-refractivity contribution in [3.05, 3.63) is 35.4 Å². The normalized spacial score (nSPS) is 17.5. The van der Waals surface area contributed by atoms with Gasteiger partial charge in [0, 0.05) is 39.1 Å². The Bertz CT molecular complexity index is 710. The monoisotopic (exact) mass is 314 g/mol. The van der Waals surface area contributed by atoms with Crippen molar-refractivity contribution in [1.82, 2.24) is 24.6 Å². The third kappa shape index (κ3) is 3.49. The SMILES string of the molecule is CNc1nc(C)cc(C(=O)N2CCC(Cc3cnn(C)c3)C2)n1. The van der Waals surface area contributed by atoms with E-state index in [0.29, 0.717) is 17.6 Å². The molecule has 0 spiro atoms. The third-order valence-electron chi connectivity index (χ3n) is 4.15. The summed E-state index contributed by atoms with van der Waals surface area (Å²) in [5, 5.41) is 7.10. The molecule has 1 fully saturated rings. The van der Waals surface area contributed by atoms with E-state index in [-0.39, 0.29) is 5.91 Å². The Hall–Kier alpha value is -2.44. The first kappa shape index (κ1) is 15.5. The first-order valence-corrected chi connectivity index (χ1v) is 7.85. The maximum absolute atomic E-state index is 12.7. The molecule has 23 heavy (non-hydrogen) atoms. The van der Waals surface area contributed by atoms with E-state index in [2.05, 4.69) is 20.4 Å². The van der Waals surface area contributed by atoms with Crippen molar-refractivity contribution in [3.63, 3.8) is 0 Å². The van der Waals surface area contributed by atoms with Crippen LogP contribution in [0.1, 0.15) is 28.2 Å². The van der Waals surface area contributed by atoms with E-state index in [1.54, 1.807) is 13.1 Å². The number of likely N-dealkylation sites (tertiary alicyclic amines) is 1. The van der Waals surface area contributed by atoms with Crippen molar-refractivity contribution in [2.75, 3.05) is 25.5 Å². The van der Waals surface area contributed by atoms with Gasteiger partial charge in [-0.05, 0) is 37.3 Å². The van der Waals surface area contributed by atoms with Crippen LogP contribution in [-0.4, -0.2) is 50.7 Å². The fraction of sp³-hybridized carbons (Fsp3) is 0.500. The molecule has 0 aliphatic carbocycles. The van der Waals surface area contributed by atoms with Gasteiger partial charge in [0.15, 0.2) is 0 Å². The predicted octanol–water partition coefficient (Wildman–Crippen LogP) is 1.27. The van der Waals surface area contributed by atoms with Crippen molar-refractivity contribution < 1.29 is 4.79 Å². The minimum Gasteiger partial charge on any atom is -0.357 e. The average Bonchev–Trinajstić information content (AvgIpc) is 3.15. The minimum absolute atomic E-state index is 0.0133. The van der Waals surface area contributed by atoms with Gasteiger partial charge in [0.2, 0.25) is 5.95 Å². The van der Waals surface area contributed by atoms with Crippen LogP contribution in [0.25, 0.3) is 0 Å². The largest absolute Gasteiger partial charge is 0.357 e. The maximum atomic E-state index is 12.7. The van der Waals surface area contributed by atoms with Crippen molar-refractivity contribution in [3.8, 4) is 0 Å². The molecule has 3 heterocycles. The van der Waals surface area contributed by atoms with Gasteiger partial charge in [0.05, 0.1) is 6.20 Å². The molecule has 0 bridgehead atoms. The Labute approximate surface area is 135 Å². The summed E-state index contributed by atoms with van der Waals surface area (Å²) in [6.45, 7) is 3.42. The summed E-state index contributed by atoms with van der Waals surface area (Å²) in [6.07, 6.45) is 5.92. The molecule has 7 nitrogen and oxygen atoms in total. The van der Waals surface area contributed by atoms with Gasteiger partial charge >= 0.3 is 0 Å². The molecule has 7 heteroatoms. The van der Waals surface area contributed by atoms with E-state index in [1.807, 2.05) is 35.9 Å². The zero-order chi connectivity index (χ0) is 16.4. The molecule has 1 saturated heterocycles. The van der Waals surface area contributed by atoms with Crippen LogP contribution < -0.4 is 5.32 Å². The number of amides is 1. The highest BCUT2D eigenvalue weighted by molar-refractivity contribution is 5.92. The van der Waals surface area contributed by atoms with Crippen LogP contribution in [0.2, 0.25) is 0 Å². The number of carbonyl (C=O) groups excluding carboxylic acids is 1. The number of anilines is 1. The Kier molecular flexibility index (Phi) is 4.27. The molecule has 1 aliphatic rings. The molecule has 0 saturated carbocycles. The summed E-state index contributed by atoms with van der Waals surface area (Å²) in [5.74, 6) is 0.954. The number of aryl methyl sites for hydroxylation is 2. The van der Waals surface area contributed by atoms with Crippen LogP contribution in [0.5, 0.6) is 0 Å². The highest BCUT2D eigenvalue weighted by Crippen LogP contribution is 2.22. The van der Waals surface area contributed by atoms with Gasteiger partial charge in [0.1, 0.15) is 5.69 Å². The van der Waals surface area contributed by atoms with Crippen LogP contribution in [0, 0.1) is 12.8 Å². The Morgan fingerprint density at radius 3 is 2.96 bits per heavy atom. The number of nitrogens with zero attached hydrogens (tertiary/aromatic N) is 5. The molecular formula is C16H22N6O. The van der Waals surface area contributed by atoms with E-state index in [9.17, 15) is 4.79 Å². The highest BCUT2D eigenvalue weighted by Gasteiger charge is 2.28. The summed E-state index contributed by atoms with van der Waals surface area (Å²) in [7, 11) is 3.67. The van der Waals surface area contributed by atoms with E-state index >= 15 is 0 Å². The quantitative estimate of drug-likeness (QED) is 0.919. The molecule has 122 valence electrons. The Balaban J connectivity index is 1.66. The lowest BCUT2D eigenvalue weighted by atomic mass is 10.0. The second-order valence-corrected chi connectivity index (χ2v) is 6.10. The number of aromatic nitrogens is 4. The second kappa shape index (κ2) is 6.36. The lowest BCUT2D eigenvalue weighted by Crippen LogP contribution is -2.30. The standard InChI is InChI=1S/C16H22N6O/c1-11-6-14(20-16(17-2)19-11)15(23)22-5-4-12(10-22)7-13-8-18-21(3)9-13/h6,8-9,12H,4-5,7,10H2,1-3H3,(H,17,19,20). The molecule has 1 atom stereocenters. The van der Waals surface area contributed by atoms with Crippen molar-refractivity contribution in [1.29, 1.82) is 0 Å². The fourth-order valence-electron chi connectivity index (χ4n) is 3.05. The first-order chi connectivity index (χ1) is 11.0. The van der Waals surface area contributed by atoms with Crippen molar-refractivity contribution >= 4 is 11.9 Å². The van der Waals surface area contributed by atoms with E-state index in [0.717, 1.165) is 31.6 Å². The van der Waals surface area contributed by atoms with Gasteiger partial charge in [-0.2, -0.15) is 5.10 Å². The van der Waals surface area contributed by atoms with Gasteiger partial charge in [0.25, 0.3) is 5.91 Å². The molecule has 1 amide bonds. The van der Waals surface area contributed by atoms with Crippen molar-refractivity contribution in [2.24, 2.45) is 13.0 Å². The van der Waals surface area contributed by atoms with Gasteiger partial charge < -0.3 is 10.2 Å². The van der Waals surface area contributed by atoms with Crippen molar-refractivity contribution in [2.45, 2.75) is 19.8 Å². The summed E-state index contributed by atoms with van der Waals surface area (Å²) in [4.78, 5) is 23.1. The van der Waals surface area contributed by atoms with E-state index in [1.165, 1.54) is 5.56 Å². The summed E-state index contributed by atoms with van der Waals surface area (Å²) < 4.78 is 1.82. The van der Waals surface area contributed by atoms with E-state index < -0.39 is 0 Å². The Morgan fingerprint density at radius 1 is 1.43 bits per heavy atom. The van der Waals surface area contributed by atoms with Crippen LogP contribution >= 0.6 is 0 Å². The fourth-order valence-corrected chi connectivity index (χ4v) is 3.05. The smallest absolute Gasteiger partial charge is 0.272 e. The molecule has 0 radical (unpaired) electrons. The summed E-state index contributed by atoms with van der Waals surface area (Å²) in [5.41, 5.74) is 2.48.